The van der Waals surface area contributed by atoms with E-state index in [0.717, 1.165) is 29.3 Å². The number of benzene rings is 1. The van der Waals surface area contributed by atoms with Crippen molar-refractivity contribution in [3.63, 3.8) is 0 Å². The summed E-state index contributed by atoms with van der Waals surface area (Å²) < 4.78 is 0. The Kier molecular flexibility index (Phi) is 4.54. The molecule has 0 radical (unpaired) electrons. The third-order valence-electron chi connectivity index (χ3n) is 5.01. The number of hydrogen-bond acceptors (Lipinski definition) is 2. The van der Waals surface area contributed by atoms with Gasteiger partial charge >= 0.3 is 5.97 Å². The van der Waals surface area contributed by atoms with Gasteiger partial charge in [-0.05, 0) is 43.5 Å². The fourth-order valence-electron chi connectivity index (χ4n) is 3.71. The smallest absolute Gasteiger partial charge is 0.308 e. The van der Waals surface area contributed by atoms with Gasteiger partial charge in [-0.1, -0.05) is 24.4 Å². The fourth-order valence-corrected chi connectivity index (χ4v) is 3.88. The van der Waals surface area contributed by atoms with E-state index < -0.39 is 17.4 Å². The zero-order valence-corrected chi connectivity index (χ0v) is 14.3. The van der Waals surface area contributed by atoms with E-state index >= 15 is 0 Å². The maximum atomic E-state index is 12.5. The molecular formula is C18H21ClN2O3. The van der Waals surface area contributed by atoms with Crippen LogP contribution in [0.1, 0.15) is 38.2 Å². The van der Waals surface area contributed by atoms with E-state index in [0.29, 0.717) is 17.9 Å². The molecule has 1 heterocycles. The molecule has 1 fully saturated rings. The van der Waals surface area contributed by atoms with E-state index in [1.807, 2.05) is 19.1 Å². The number of aliphatic carboxylic acids is 1. The number of hydrogen-bond donors (Lipinski definition) is 3. The number of amides is 1. The maximum absolute atomic E-state index is 12.5. The summed E-state index contributed by atoms with van der Waals surface area (Å²) in [5.41, 5.74) is 1.09. The van der Waals surface area contributed by atoms with Crippen LogP contribution >= 0.6 is 11.6 Å². The lowest BCUT2D eigenvalue weighted by Crippen LogP contribution is -2.55. The number of aromatic nitrogens is 1. The second-order valence-electron chi connectivity index (χ2n) is 6.78. The first-order valence-electron chi connectivity index (χ1n) is 8.18. The second-order valence-corrected chi connectivity index (χ2v) is 7.22. The van der Waals surface area contributed by atoms with E-state index in [2.05, 4.69) is 10.3 Å². The van der Waals surface area contributed by atoms with Crippen LogP contribution < -0.4 is 5.32 Å². The van der Waals surface area contributed by atoms with Crippen LogP contribution in [0, 0.1) is 5.92 Å². The molecule has 0 aliphatic heterocycles. The molecule has 0 spiro atoms. The lowest BCUT2D eigenvalue weighted by Gasteiger charge is -2.39. The quantitative estimate of drug-likeness (QED) is 0.790. The van der Waals surface area contributed by atoms with Crippen molar-refractivity contribution in [3.05, 3.63) is 35.0 Å². The predicted octanol–water partition coefficient (Wildman–Crippen LogP) is 3.51. The monoisotopic (exact) mass is 348 g/mol. The Morgan fingerprint density at radius 3 is 2.96 bits per heavy atom. The molecule has 0 saturated heterocycles. The molecule has 0 bridgehead atoms. The van der Waals surface area contributed by atoms with Crippen LogP contribution in [-0.4, -0.2) is 27.5 Å². The van der Waals surface area contributed by atoms with E-state index in [1.54, 1.807) is 12.3 Å². The Hall–Kier alpha value is -2.01. The van der Waals surface area contributed by atoms with Crippen molar-refractivity contribution in [2.75, 3.05) is 0 Å². The number of fused-ring (bicyclic) bond motifs is 1. The molecule has 5 nitrogen and oxygen atoms in total. The van der Waals surface area contributed by atoms with Crippen molar-refractivity contribution in [2.24, 2.45) is 5.92 Å². The van der Waals surface area contributed by atoms with Gasteiger partial charge in [0.25, 0.3) is 0 Å². The Labute approximate surface area is 145 Å². The highest BCUT2D eigenvalue weighted by atomic mass is 35.5. The largest absolute Gasteiger partial charge is 0.481 e. The lowest BCUT2D eigenvalue weighted by atomic mass is 9.74. The number of carboxylic acids is 1. The molecule has 1 amide bonds. The molecule has 1 aromatic carbocycles. The van der Waals surface area contributed by atoms with Crippen LogP contribution in [0.4, 0.5) is 0 Å². The predicted molar refractivity (Wildman–Crippen MR) is 93.2 cm³/mol. The average molecular weight is 349 g/mol. The molecule has 3 N–H and O–H groups in total. The van der Waals surface area contributed by atoms with Crippen molar-refractivity contribution in [3.8, 4) is 0 Å². The minimum absolute atomic E-state index is 0.161. The van der Waals surface area contributed by atoms with E-state index in [9.17, 15) is 14.7 Å². The van der Waals surface area contributed by atoms with E-state index in [4.69, 9.17) is 11.6 Å². The first-order chi connectivity index (χ1) is 11.4. The standard InChI is InChI=1S/C18H21ClN2O3/c1-18(7-3-2-4-14(18)17(23)24)21-16(22)8-11-10-20-15-6-5-12(19)9-13(11)15/h5-6,9-10,14,20H,2-4,7-8H2,1H3,(H,21,22)(H,23,24). The average Bonchev–Trinajstić information content (AvgIpc) is 2.89. The summed E-state index contributed by atoms with van der Waals surface area (Å²) in [6.07, 6.45) is 5.12. The number of halogens is 1. The second kappa shape index (κ2) is 6.48. The van der Waals surface area contributed by atoms with Gasteiger partial charge in [-0.2, -0.15) is 0 Å². The van der Waals surface area contributed by atoms with Gasteiger partial charge in [0.05, 0.1) is 17.9 Å². The third-order valence-corrected chi connectivity index (χ3v) is 5.25. The number of H-pyrrole nitrogens is 1. The van der Waals surface area contributed by atoms with Gasteiger partial charge in [0.15, 0.2) is 0 Å². The van der Waals surface area contributed by atoms with E-state index in [-0.39, 0.29) is 12.3 Å². The molecule has 2 unspecified atom stereocenters. The van der Waals surface area contributed by atoms with Crippen molar-refractivity contribution in [2.45, 2.75) is 44.6 Å². The molecule has 1 aliphatic carbocycles. The van der Waals surface area contributed by atoms with Crippen LogP contribution in [0.3, 0.4) is 0 Å². The van der Waals surface area contributed by atoms with Gasteiger partial charge in [0.1, 0.15) is 0 Å². The number of carboxylic acid groups (broad SMARTS) is 1. The molecule has 2 aromatic rings. The summed E-state index contributed by atoms with van der Waals surface area (Å²) in [5, 5.41) is 14.0. The summed E-state index contributed by atoms with van der Waals surface area (Å²) in [4.78, 5) is 27.2. The molecule has 1 aromatic heterocycles. The minimum atomic E-state index is -0.837. The fraction of sp³-hybridized carbons (Fsp3) is 0.444. The van der Waals surface area contributed by atoms with Crippen molar-refractivity contribution < 1.29 is 14.7 Å². The van der Waals surface area contributed by atoms with Crippen LogP contribution in [0.15, 0.2) is 24.4 Å². The Bertz CT molecular complexity index is 786. The molecule has 2 atom stereocenters. The van der Waals surface area contributed by atoms with Crippen molar-refractivity contribution in [1.29, 1.82) is 0 Å². The lowest BCUT2D eigenvalue weighted by molar-refractivity contribution is -0.146. The Morgan fingerprint density at radius 1 is 1.42 bits per heavy atom. The zero-order valence-electron chi connectivity index (χ0n) is 13.6. The minimum Gasteiger partial charge on any atom is -0.481 e. The van der Waals surface area contributed by atoms with Gasteiger partial charge in [-0.25, -0.2) is 0 Å². The van der Waals surface area contributed by atoms with Gasteiger partial charge in [-0.15, -0.1) is 0 Å². The normalized spacial score (nSPS) is 24.0. The SMILES string of the molecule is CC1(NC(=O)Cc2c[nH]c3ccc(Cl)cc23)CCCCC1C(=O)O. The Balaban J connectivity index is 1.76. The summed E-state index contributed by atoms with van der Waals surface area (Å²) in [5.74, 6) is -1.53. The summed E-state index contributed by atoms with van der Waals surface area (Å²) in [6, 6.07) is 5.51. The van der Waals surface area contributed by atoms with Crippen LogP contribution in [-0.2, 0) is 16.0 Å². The number of carbonyl (C=O) groups is 2. The number of rotatable bonds is 4. The first kappa shape index (κ1) is 16.8. The van der Waals surface area contributed by atoms with Gasteiger partial charge in [0.2, 0.25) is 5.91 Å². The van der Waals surface area contributed by atoms with E-state index in [1.165, 1.54) is 0 Å². The summed E-state index contributed by atoms with van der Waals surface area (Å²) in [7, 11) is 0. The molecular weight excluding hydrogens is 328 g/mol. The van der Waals surface area contributed by atoms with Gasteiger partial charge < -0.3 is 15.4 Å². The van der Waals surface area contributed by atoms with Crippen LogP contribution in [0.5, 0.6) is 0 Å². The number of aromatic amines is 1. The molecule has 1 saturated carbocycles. The molecule has 3 rings (SSSR count). The number of nitrogens with one attached hydrogen (secondary N) is 2. The third kappa shape index (κ3) is 3.26. The highest BCUT2D eigenvalue weighted by Crippen LogP contribution is 2.34. The summed E-state index contributed by atoms with van der Waals surface area (Å²) >= 11 is 6.04. The van der Waals surface area contributed by atoms with Gasteiger partial charge in [-0.3, -0.25) is 9.59 Å². The highest BCUT2D eigenvalue weighted by molar-refractivity contribution is 6.31. The van der Waals surface area contributed by atoms with Gasteiger partial charge in [0, 0.05) is 22.1 Å². The molecule has 128 valence electrons. The molecule has 1 aliphatic rings. The molecule has 6 heteroatoms. The highest BCUT2D eigenvalue weighted by Gasteiger charge is 2.42. The van der Waals surface area contributed by atoms with Crippen molar-refractivity contribution in [1.82, 2.24) is 10.3 Å². The summed E-state index contributed by atoms with van der Waals surface area (Å²) in [6.45, 7) is 1.84. The first-order valence-corrected chi connectivity index (χ1v) is 8.56. The zero-order chi connectivity index (χ0) is 17.3. The van der Waals surface area contributed by atoms with Crippen LogP contribution in [0.25, 0.3) is 10.9 Å². The van der Waals surface area contributed by atoms with Crippen molar-refractivity contribution >= 4 is 34.4 Å². The molecule has 24 heavy (non-hydrogen) atoms. The Morgan fingerprint density at radius 2 is 2.21 bits per heavy atom. The number of carbonyl (C=O) groups excluding carboxylic acids is 1. The maximum Gasteiger partial charge on any atom is 0.308 e. The van der Waals surface area contributed by atoms with Crippen LogP contribution in [0.2, 0.25) is 5.02 Å². The topological polar surface area (TPSA) is 82.2 Å².